The van der Waals surface area contributed by atoms with E-state index in [-0.39, 0.29) is 0 Å². The molecular formula is C17H13BrN4OS. The van der Waals surface area contributed by atoms with Crippen LogP contribution < -0.4 is 4.74 Å². The van der Waals surface area contributed by atoms with Crippen LogP contribution in [0.15, 0.2) is 53.0 Å². The summed E-state index contributed by atoms with van der Waals surface area (Å²) in [7, 11) is 0. The van der Waals surface area contributed by atoms with E-state index in [0.29, 0.717) is 6.61 Å². The average Bonchev–Trinajstić information content (AvgIpc) is 3.15. The van der Waals surface area contributed by atoms with Crippen molar-refractivity contribution in [3.8, 4) is 17.1 Å². The van der Waals surface area contributed by atoms with E-state index >= 15 is 0 Å². The van der Waals surface area contributed by atoms with Gasteiger partial charge >= 0.3 is 0 Å². The average molecular weight is 401 g/mol. The maximum atomic E-state index is 5.79. The first-order chi connectivity index (χ1) is 11.7. The first kappa shape index (κ1) is 15.3. The molecule has 0 aliphatic rings. The van der Waals surface area contributed by atoms with Crippen molar-refractivity contribution in [2.24, 2.45) is 0 Å². The van der Waals surface area contributed by atoms with Crippen molar-refractivity contribution in [1.29, 1.82) is 0 Å². The molecule has 0 amide bonds. The van der Waals surface area contributed by atoms with Crippen molar-refractivity contribution in [1.82, 2.24) is 19.8 Å². The van der Waals surface area contributed by atoms with E-state index < -0.39 is 0 Å². The van der Waals surface area contributed by atoms with Gasteiger partial charge in [-0.3, -0.25) is 0 Å². The first-order valence-corrected chi connectivity index (χ1v) is 8.97. The van der Waals surface area contributed by atoms with Crippen LogP contribution in [0.1, 0.15) is 10.6 Å². The van der Waals surface area contributed by atoms with Gasteiger partial charge in [-0.2, -0.15) is 9.61 Å². The maximum absolute atomic E-state index is 5.79. The lowest BCUT2D eigenvalue weighted by Gasteiger charge is -2.03. The highest BCUT2D eigenvalue weighted by atomic mass is 79.9. The number of hydrogen-bond donors (Lipinski definition) is 0. The third-order valence-electron chi connectivity index (χ3n) is 3.53. The van der Waals surface area contributed by atoms with Crippen molar-refractivity contribution in [2.75, 3.05) is 0 Å². The molecule has 0 radical (unpaired) electrons. The third-order valence-corrected chi connectivity index (χ3v) is 5.09. The summed E-state index contributed by atoms with van der Waals surface area (Å²) in [5.74, 6) is 1.55. The molecule has 5 nitrogen and oxygen atoms in total. The second-order valence-corrected chi connectivity index (χ2v) is 7.19. The molecule has 4 rings (SSSR count). The summed E-state index contributed by atoms with van der Waals surface area (Å²) in [6.07, 6.45) is 0. The van der Waals surface area contributed by atoms with Crippen LogP contribution in [0.3, 0.4) is 0 Å². The third kappa shape index (κ3) is 2.92. The van der Waals surface area contributed by atoms with Gasteiger partial charge in [0.25, 0.3) is 0 Å². The second kappa shape index (κ2) is 6.33. The smallest absolute Gasteiger partial charge is 0.235 e. The summed E-state index contributed by atoms with van der Waals surface area (Å²) in [4.78, 5) is 0.753. The summed E-state index contributed by atoms with van der Waals surface area (Å²) >= 11 is 5.03. The van der Waals surface area contributed by atoms with Gasteiger partial charge < -0.3 is 4.74 Å². The van der Waals surface area contributed by atoms with Gasteiger partial charge in [0, 0.05) is 10.0 Å². The van der Waals surface area contributed by atoms with Gasteiger partial charge in [-0.05, 0) is 31.2 Å². The van der Waals surface area contributed by atoms with Gasteiger partial charge in [0.15, 0.2) is 10.8 Å². The van der Waals surface area contributed by atoms with Crippen LogP contribution in [0.5, 0.6) is 5.75 Å². The largest absolute Gasteiger partial charge is 0.486 e. The molecule has 4 aromatic rings. The minimum atomic E-state index is 0.409. The van der Waals surface area contributed by atoms with Crippen molar-refractivity contribution in [2.45, 2.75) is 13.5 Å². The van der Waals surface area contributed by atoms with Crippen LogP contribution in [0.2, 0.25) is 0 Å². The summed E-state index contributed by atoms with van der Waals surface area (Å²) in [6, 6.07) is 15.9. The minimum Gasteiger partial charge on any atom is -0.486 e. The Hall–Kier alpha value is -2.25. The Bertz CT molecular complexity index is 993. The lowest BCUT2D eigenvalue weighted by molar-refractivity contribution is 0.304. The van der Waals surface area contributed by atoms with Crippen molar-refractivity contribution < 1.29 is 4.74 Å². The lowest BCUT2D eigenvalue weighted by atomic mass is 10.2. The molecular weight excluding hydrogens is 388 g/mol. The normalized spacial score (nSPS) is 11.1. The topological polar surface area (TPSA) is 52.3 Å². The molecule has 0 unspecified atom stereocenters. The van der Waals surface area contributed by atoms with Crippen LogP contribution in [-0.2, 0) is 6.61 Å². The Morgan fingerprint density at radius 2 is 1.88 bits per heavy atom. The zero-order valence-corrected chi connectivity index (χ0v) is 15.2. The summed E-state index contributed by atoms with van der Waals surface area (Å²) in [6.45, 7) is 2.46. The van der Waals surface area contributed by atoms with E-state index in [2.05, 4.69) is 38.1 Å². The minimum absolute atomic E-state index is 0.409. The lowest BCUT2D eigenvalue weighted by Crippen LogP contribution is -1.97. The highest BCUT2D eigenvalue weighted by Crippen LogP contribution is 2.28. The molecule has 0 aliphatic carbocycles. The Kier molecular flexibility index (Phi) is 4.03. The molecule has 0 saturated heterocycles. The fraction of sp³-hybridized carbons (Fsp3) is 0.118. The number of aromatic nitrogens is 4. The number of halogens is 1. The molecule has 0 spiro atoms. The van der Waals surface area contributed by atoms with E-state index in [1.165, 1.54) is 16.9 Å². The molecule has 0 N–H and O–H groups in total. The highest BCUT2D eigenvalue weighted by Gasteiger charge is 2.15. The molecule has 0 bridgehead atoms. The standard InChI is InChI=1S/C17H13BrN4OS/c1-11-6-8-12(9-7-11)23-10-15-21-22-16(19-20-17(22)24-15)13-4-2-3-5-14(13)18/h2-9H,10H2,1H3. The number of nitrogens with zero attached hydrogens (tertiary/aromatic N) is 4. The Labute approximate surface area is 151 Å². The van der Waals surface area contributed by atoms with Crippen LogP contribution in [0.25, 0.3) is 16.3 Å². The molecule has 0 aliphatic heterocycles. The molecule has 2 aromatic carbocycles. The van der Waals surface area contributed by atoms with Crippen LogP contribution >= 0.6 is 27.3 Å². The molecule has 24 heavy (non-hydrogen) atoms. The van der Waals surface area contributed by atoms with Gasteiger partial charge in [-0.25, -0.2) is 0 Å². The molecule has 120 valence electrons. The van der Waals surface area contributed by atoms with E-state index in [1.54, 1.807) is 4.52 Å². The van der Waals surface area contributed by atoms with Crippen molar-refractivity contribution in [3.63, 3.8) is 0 Å². The highest BCUT2D eigenvalue weighted by molar-refractivity contribution is 9.10. The van der Waals surface area contributed by atoms with Crippen LogP contribution in [-0.4, -0.2) is 19.8 Å². The number of rotatable bonds is 4. The second-order valence-electron chi connectivity index (χ2n) is 5.30. The van der Waals surface area contributed by atoms with Crippen molar-refractivity contribution in [3.05, 3.63) is 63.6 Å². The van der Waals surface area contributed by atoms with Gasteiger partial charge in [0.05, 0.1) is 0 Å². The van der Waals surface area contributed by atoms with Gasteiger partial charge in [-0.15, -0.1) is 10.2 Å². The monoisotopic (exact) mass is 400 g/mol. The Balaban J connectivity index is 1.60. The fourth-order valence-corrected chi connectivity index (χ4v) is 3.51. The number of fused-ring (bicyclic) bond motifs is 1. The predicted octanol–water partition coefficient (Wildman–Crippen LogP) is 4.50. The number of ether oxygens (including phenoxy) is 1. The fourth-order valence-electron chi connectivity index (χ4n) is 2.30. The summed E-state index contributed by atoms with van der Waals surface area (Å²) < 4.78 is 8.52. The van der Waals surface area contributed by atoms with E-state index in [9.17, 15) is 0 Å². The molecule has 0 atom stereocenters. The van der Waals surface area contributed by atoms with E-state index in [1.807, 2.05) is 48.5 Å². The van der Waals surface area contributed by atoms with E-state index in [0.717, 1.165) is 31.6 Å². The zero-order valence-electron chi connectivity index (χ0n) is 12.8. The van der Waals surface area contributed by atoms with Gasteiger partial charge in [-0.1, -0.05) is 57.1 Å². The quantitative estimate of drug-likeness (QED) is 0.505. The SMILES string of the molecule is Cc1ccc(OCc2nn3c(-c4ccccc4Br)nnc3s2)cc1. The number of hydrogen-bond acceptors (Lipinski definition) is 5. The van der Waals surface area contributed by atoms with Crippen LogP contribution in [0.4, 0.5) is 0 Å². The Morgan fingerprint density at radius 3 is 2.67 bits per heavy atom. The Morgan fingerprint density at radius 1 is 1.08 bits per heavy atom. The molecule has 0 saturated carbocycles. The van der Waals surface area contributed by atoms with Gasteiger partial charge in [0.1, 0.15) is 12.4 Å². The molecule has 2 heterocycles. The molecule has 7 heteroatoms. The maximum Gasteiger partial charge on any atom is 0.235 e. The van der Waals surface area contributed by atoms with Crippen molar-refractivity contribution >= 4 is 32.2 Å². The summed E-state index contributed by atoms with van der Waals surface area (Å²) in [5, 5.41) is 13.9. The summed E-state index contributed by atoms with van der Waals surface area (Å²) in [5.41, 5.74) is 2.17. The molecule has 2 aromatic heterocycles. The zero-order chi connectivity index (χ0) is 16.5. The van der Waals surface area contributed by atoms with Crippen LogP contribution in [0, 0.1) is 6.92 Å². The first-order valence-electron chi connectivity index (χ1n) is 7.36. The van der Waals surface area contributed by atoms with Gasteiger partial charge in [0.2, 0.25) is 4.96 Å². The van der Waals surface area contributed by atoms with E-state index in [4.69, 9.17) is 4.74 Å². The molecule has 0 fully saturated rings. The number of aryl methyl sites for hydroxylation is 1. The number of benzene rings is 2. The predicted molar refractivity (Wildman–Crippen MR) is 97.3 cm³/mol.